The van der Waals surface area contributed by atoms with Gasteiger partial charge < -0.3 is 19.5 Å². The number of anilines is 1. The fourth-order valence-corrected chi connectivity index (χ4v) is 3.87. The number of amides is 1. The van der Waals surface area contributed by atoms with Crippen LogP contribution in [-0.2, 0) is 13.3 Å². The van der Waals surface area contributed by atoms with Gasteiger partial charge in [-0.15, -0.1) is 0 Å². The summed E-state index contributed by atoms with van der Waals surface area (Å²) in [6, 6.07) is 14.7. The van der Waals surface area contributed by atoms with Crippen LogP contribution < -0.4 is 19.5 Å². The van der Waals surface area contributed by atoms with Gasteiger partial charge >= 0.3 is 0 Å². The lowest BCUT2D eigenvalue weighted by Gasteiger charge is -2.13. The number of aryl methyl sites for hydroxylation is 1. The fraction of sp³-hybridized carbons (Fsp3) is 0.240. The molecule has 1 amide bonds. The second-order valence-corrected chi connectivity index (χ2v) is 8.60. The Labute approximate surface area is 211 Å². The number of hydrogen-bond donors (Lipinski definition) is 1. The Bertz CT molecular complexity index is 1330. The molecule has 4 rings (SSSR count). The van der Waals surface area contributed by atoms with Crippen molar-refractivity contribution in [3.8, 4) is 17.2 Å². The zero-order valence-corrected chi connectivity index (χ0v) is 21.5. The molecule has 4 aromatic rings. The predicted octanol–water partition coefficient (Wildman–Crippen LogP) is 4.81. The lowest BCUT2D eigenvalue weighted by molar-refractivity contribution is 0.102. The molecule has 1 N–H and O–H groups in total. The second-order valence-electron chi connectivity index (χ2n) is 7.80. The van der Waals surface area contributed by atoms with Gasteiger partial charge in [-0.1, -0.05) is 18.2 Å². The maximum absolute atomic E-state index is 12.8. The van der Waals surface area contributed by atoms with Crippen molar-refractivity contribution in [2.24, 2.45) is 0 Å². The summed E-state index contributed by atoms with van der Waals surface area (Å²) in [5.41, 5.74) is 3.96. The molecule has 0 spiro atoms. The van der Waals surface area contributed by atoms with Crippen LogP contribution in [0.15, 0.2) is 59.2 Å². The highest BCUT2D eigenvalue weighted by Gasteiger charge is 2.14. The van der Waals surface area contributed by atoms with Gasteiger partial charge in [0.05, 0.1) is 36.6 Å². The van der Waals surface area contributed by atoms with E-state index in [0.717, 1.165) is 21.4 Å². The number of carbonyl (C=O) groups is 1. The Morgan fingerprint density at radius 1 is 1.03 bits per heavy atom. The molecular weight excluding hydrogens is 514 g/mol. The molecule has 0 unspecified atom stereocenters. The van der Waals surface area contributed by atoms with Crippen molar-refractivity contribution >= 4 is 27.5 Å². The first-order valence-electron chi connectivity index (χ1n) is 10.9. The number of aromatic nitrogens is 4. The number of methoxy groups -OCH3 is 2. The van der Waals surface area contributed by atoms with E-state index >= 15 is 0 Å². The summed E-state index contributed by atoms with van der Waals surface area (Å²) < 4.78 is 21.0. The molecule has 0 aliphatic heterocycles. The first-order chi connectivity index (χ1) is 16.9. The molecule has 9 nitrogen and oxygen atoms in total. The summed E-state index contributed by atoms with van der Waals surface area (Å²) >= 11 is 3.56. The Morgan fingerprint density at radius 2 is 1.74 bits per heavy atom. The van der Waals surface area contributed by atoms with Crippen molar-refractivity contribution < 1.29 is 19.0 Å². The standard InChI is InChI=1S/C25H26BrN5O4/c1-16-23(26)17(2)31(28-16)14-18-7-5-8-19(13-18)27-25(32)20-11-12-30(29-20)15-35-24-21(33-3)9-6-10-22(24)34-4/h5-13H,14-15H2,1-4H3,(H,27,32). The summed E-state index contributed by atoms with van der Waals surface area (Å²) in [5.74, 6) is 1.24. The number of rotatable bonds is 9. The van der Waals surface area contributed by atoms with E-state index in [1.807, 2.05) is 48.9 Å². The number of ether oxygens (including phenoxy) is 3. The quantitative estimate of drug-likeness (QED) is 0.328. The van der Waals surface area contributed by atoms with Gasteiger partial charge in [0.2, 0.25) is 5.75 Å². The first kappa shape index (κ1) is 24.3. The van der Waals surface area contributed by atoms with Gasteiger partial charge in [-0.25, -0.2) is 4.68 Å². The summed E-state index contributed by atoms with van der Waals surface area (Å²) in [7, 11) is 3.12. The van der Waals surface area contributed by atoms with Crippen LogP contribution in [0.5, 0.6) is 17.2 Å². The lowest BCUT2D eigenvalue weighted by atomic mass is 10.2. The zero-order valence-electron chi connectivity index (χ0n) is 19.9. The minimum Gasteiger partial charge on any atom is -0.493 e. The Balaban J connectivity index is 1.41. The van der Waals surface area contributed by atoms with Crippen LogP contribution in [-0.4, -0.2) is 39.7 Å². The lowest BCUT2D eigenvalue weighted by Crippen LogP contribution is -2.14. The molecule has 0 bridgehead atoms. The van der Waals surface area contributed by atoms with Crippen molar-refractivity contribution in [3.63, 3.8) is 0 Å². The van der Waals surface area contributed by atoms with E-state index in [0.29, 0.717) is 29.5 Å². The molecule has 0 atom stereocenters. The summed E-state index contributed by atoms with van der Waals surface area (Å²) in [6.07, 6.45) is 1.67. The SMILES string of the molecule is COc1cccc(OC)c1OCn1ccc(C(=O)Nc2cccc(Cn3nc(C)c(Br)c3C)c2)n1. The van der Waals surface area contributed by atoms with Crippen LogP contribution in [0.2, 0.25) is 0 Å². The maximum atomic E-state index is 12.8. The normalized spacial score (nSPS) is 10.8. The minimum atomic E-state index is -0.315. The molecule has 0 saturated heterocycles. The number of benzene rings is 2. The van der Waals surface area contributed by atoms with Gasteiger partial charge in [-0.3, -0.25) is 9.48 Å². The molecule has 2 aromatic heterocycles. The molecule has 0 saturated carbocycles. The topological polar surface area (TPSA) is 92.4 Å². The maximum Gasteiger partial charge on any atom is 0.276 e. The third kappa shape index (κ3) is 5.48. The van der Waals surface area contributed by atoms with Crippen LogP contribution in [0.1, 0.15) is 27.4 Å². The van der Waals surface area contributed by atoms with Crippen molar-refractivity contribution in [1.82, 2.24) is 19.6 Å². The average Bonchev–Trinajstić information content (AvgIpc) is 3.43. The Morgan fingerprint density at radius 3 is 2.40 bits per heavy atom. The average molecular weight is 540 g/mol. The molecular formula is C25H26BrN5O4. The number of halogens is 1. The second kappa shape index (κ2) is 10.6. The van der Waals surface area contributed by atoms with Crippen LogP contribution in [0, 0.1) is 13.8 Å². The molecule has 0 aliphatic rings. The monoisotopic (exact) mass is 539 g/mol. The van der Waals surface area contributed by atoms with E-state index in [4.69, 9.17) is 14.2 Å². The summed E-state index contributed by atoms with van der Waals surface area (Å²) in [4.78, 5) is 12.8. The van der Waals surface area contributed by atoms with Crippen LogP contribution in [0.3, 0.4) is 0 Å². The highest BCUT2D eigenvalue weighted by Crippen LogP contribution is 2.36. The molecule has 182 valence electrons. The minimum absolute atomic E-state index is 0.0810. The fourth-order valence-electron chi connectivity index (χ4n) is 3.59. The Kier molecular flexibility index (Phi) is 7.40. The number of nitrogens with one attached hydrogen (secondary N) is 1. The van der Waals surface area contributed by atoms with Crippen LogP contribution >= 0.6 is 15.9 Å². The van der Waals surface area contributed by atoms with E-state index in [9.17, 15) is 4.79 Å². The third-order valence-corrected chi connectivity index (χ3v) is 6.56. The molecule has 2 aromatic carbocycles. The largest absolute Gasteiger partial charge is 0.493 e. The van der Waals surface area contributed by atoms with Gasteiger partial charge in [-0.2, -0.15) is 10.2 Å². The van der Waals surface area contributed by atoms with Crippen molar-refractivity contribution in [2.45, 2.75) is 27.1 Å². The van der Waals surface area contributed by atoms with Gasteiger partial charge in [0.15, 0.2) is 23.9 Å². The highest BCUT2D eigenvalue weighted by molar-refractivity contribution is 9.10. The van der Waals surface area contributed by atoms with Gasteiger partial charge in [0.25, 0.3) is 5.91 Å². The van der Waals surface area contributed by atoms with E-state index < -0.39 is 0 Å². The number of nitrogens with zero attached hydrogens (tertiary/aromatic N) is 4. The molecule has 0 fully saturated rings. The highest BCUT2D eigenvalue weighted by atomic mass is 79.9. The Hall–Kier alpha value is -3.79. The smallest absolute Gasteiger partial charge is 0.276 e. The predicted molar refractivity (Wildman–Crippen MR) is 135 cm³/mol. The summed E-state index contributed by atoms with van der Waals surface area (Å²) in [5, 5.41) is 11.8. The summed E-state index contributed by atoms with van der Waals surface area (Å²) in [6.45, 7) is 4.65. The number of carbonyl (C=O) groups excluding carboxylic acids is 1. The zero-order chi connectivity index (χ0) is 24.9. The molecule has 0 aliphatic carbocycles. The van der Waals surface area contributed by atoms with E-state index in [1.165, 1.54) is 4.68 Å². The number of para-hydroxylation sites is 1. The van der Waals surface area contributed by atoms with Crippen molar-refractivity contribution in [1.29, 1.82) is 0 Å². The molecule has 10 heteroatoms. The molecule has 35 heavy (non-hydrogen) atoms. The first-order valence-corrected chi connectivity index (χ1v) is 11.7. The van der Waals surface area contributed by atoms with Crippen molar-refractivity contribution in [2.75, 3.05) is 19.5 Å². The van der Waals surface area contributed by atoms with E-state index in [2.05, 4.69) is 31.4 Å². The third-order valence-electron chi connectivity index (χ3n) is 5.41. The van der Waals surface area contributed by atoms with E-state index in [-0.39, 0.29) is 18.3 Å². The van der Waals surface area contributed by atoms with Crippen molar-refractivity contribution in [3.05, 3.63) is 81.8 Å². The van der Waals surface area contributed by atoms with Gasteiger partial charge in [-0.05, 0) is 65.7 Å². The molecule has 0 radical (unpaired) electrons. The molecule has 2 heterocycles. The van der Waals surface area contributed by atoms with E-state index in [1.54, 1.807) is 38.6 Å². The van der Waals surface area contributed by atoms with Gasteiger partial charge in [0, 0.05) is 11.9 Å². The van der Waals surface area contributed by atoms with Gasteiger partial charge in [0.1, 0.15) is 0 Å². The number of hydrogen-bond acceptors (Lipinski definition) is 6. The van der Waals surface area contributed by atoms with Crippen LogP contribution in [0.25, 0.3) is 0 Å². The van der Waals surface area contributed by atoms with Crippen LogP contribution in [0.4, 0.5) is 5.69 Å².